The van der Waals surface area contributed by atoms with Crippen molar-refractivity contribution < 1.29 is 23.5 Å². The zero-order valence-corrected chi connectivity index (χ0v) is 14.3. The molecule has 2 aromatic rings. The zero-order valence-electron chi connectivity index (χ0n) is 13.5. The van der Waals surface area contributed by atoms with E-state index in [0.717, 1.165) is 10.6 Å². The fourth-order valence-electron chi connectivity index (χ4n) is 1.89. The third-order valence-electron chi connectivity index (χ3n) is 3.13. The van der Waals surface area contributed by atoms with Gasteiger partial charge in [0.05, 0.1) is 25.2 Å². The van der Waals surface area contributed by atoms with Gasteiger partial charge < -0.3 is 19.2 Å². The van der Waals surface area contributed by atoms with Crippen molar-refractivity contribution in [1.82, 2.24) is 5.32 Å². The van der Waals surface area contributed by atoms with Gasteiger partial charge in [-0.15, -0.1) is 11.8 Å². The summed E-state index contributed by atoms with van der Waals surface area (Å²) in [5.41, 5.74) is 0. The number of methoxy groups -OCH3 is 1. The molecule has 6 nitrogen and oxygen atoms in total. The smallest absolute Gasteiger partial charge is 0.316 e. The Morgan fingerprint density at radius 2 is 2.00 bits per heavy atom. The van der Waals surface area contributed by atoms with Gasteiger partial charge >= 0.3 is 5.97 Å². The number of esters is 1. The van der Waals surface area contributed by atoms with E-state index in [-0.39, 0.29) is 24.3 Å². The van der Waals surface area contributed by atoms with Crippen LogP contribution in [0.2, 0.25) is 0 Å². The molecular weight excluding hydrogens is 330 g/mol. The molecule has 0 unspecified atom stereocenters. The van der Waals surface area contributed by atoms with Crippen molar-refractivity contribution in [3.8, 4) is 5.75 Å². The summed E-state index contributed by atoms with van der Waals surface area (Å²) in [7, 11) is 1.59. The molecule has 7 heteroatoms. The predicted molar refractivity (Wildman–Crippen MR) is 89.9 cm³/mol. The fraction of sp³-hybridized carbons (Fsp3) is 0.294. The second-order valence-corrected chi connectivity index (χ2v) is 5.98. The van der Waals surface area contributed by atoms with Crippen molar-refractivity contribution in [2.24, 2.45) is 0 Å². The molecule has 0 bridgehead atoms. The van der Waals surface area contributed by atoms with Crippen molar-refractivity contribution >= 4 is 23.6 Å². The van der Waals surface area contributed by atoms with Gasteiger partial charge in [-0.3, -0.25) is 9.59 Å². The van der Waals surface area contributed by atoms with Crippen LogP contribution in [0.25, 0.3) is 0 Å². The van der Waals surface area contributed by atoms with Gasteiger partial charge in [0.15, 0.2) is 6.61 Å². The molecule has 0 fully saturated rings. The maximum Gasteiger partial charge on any atom is 0.316 e. The quantitative estimate of drug-likeness (QED) is 0.583. The van der Waals surface area contributed by atoms with Crippen LogP contribution in [0.1, 0.15) is 18.7 Å². The molecule has 24 heavy (non-hydrogen) atoms. The van der Waals surface area contributed by atoms with Crippen LogP contribution in [0.3, 0.4) is 0 Å². The average Bonchev–Trinajstić information content (AvgIpc) is 3.13. The highest BCUT2D eigenvalue weighted by Gasteiger charge is 2.13. The Morgan fingerprint density at radius 1 is 1.25 bits per heavy atom. The lowest BCUT2D eigenvalue weighted by molar-refractivity contribution is -0.146. The van der Waals surface area contributed by atoms with Crippen LogP contribution in [0.15, 0.2) is 52.0 Å². The Bertz CT molecular complexity index is 654. The number of carbonyl (C=O) groups is 2. The topological polar surface area (TPSA) is 77.8 Å². The third-order valence-corrected chi connectivity index (χ3v) is 4.11. The summed E-state index contributed by atoms with van der Waals surface area (Å²) in [6.07, 6.45) is 1.54. The van der Waals surface area contributed by atoms with Crippen molar-refractivity contribution in [2.75, 3.05) is 19.5 Å². The van der Waals surface area contributed by atoms with Gasteiger partial charge in [0.2, 0.25) is 0 Å². The van der Waals surface area contributed by atoms with E-state index in [1.807, 2.05) is 24.3 Å². The van der Waals surface area contributed by atoms with Gasteiger partial charge in [-0.05, 0) is 43.3 Å². The molecule has 1 atom stereocenters. The predicted octanol–water partition coefficient (Wildman–Crippen LogP) is 2.80. The highest BCUT2D eigenvalue weighted by molar-refractivity contribution is 8.00. The lowest BCUT2D eigenvalue weighted by atomic mass is 10.2. The molecule has 0 aliphatic heterocycles. The van der Waals surface area contributed by atoms with E-state index in [4.69, 9.17) is 13.9 Å². The highest BCUT2D eigenvalue weighted by Crippen LogP contribution is 2.21. The lowest BCUT2D eigenvalue weighted by Crippen LogP contribution is -2.31. The van der Waals surface area contributed by atoms with E-state index < -0.39 is 5.97 Å². The van der Waals surface area contributed by atoms with Crippen molar-refractivity contribution in [1.29, 1.82) is 0 Å². The molecule has 0 saturated heterocycles. The molecule has 0 saturated carbocycles. The number of ether oxygens (including phenoxy) is 2. The van der Waals surface area contributed by atoms with E-state index in [1.165, 1.54) is 18.0 Å². The number of rotatable bonds is 8. The summed E-state index contributed by atoms with van der Waals surface area (Å²) < 4.78 is 15.2. The third kappa shape index (κ3) is 5.66. The average molecular weight is 349 g/mol. The van der Waals surface area contributed by atoms with Crippen LogP contribution >= 0.6 is 11.8 Å². The van der Waals surface area contributed by atoms with E-state index in [1.54, 1.807) is 26.2 Å². The molecule has 2 rings (SSSR count). The minimum absolute atomic E-state index is 0.132. The minimum atomic E-state index is -0.448. The first-order valence-electron chi connectivity index (χ1n) is 7.33. The number of carbonyl (C=O) groups excluding carboxylic acids is 2. The van der Waals surface area contributed by atoms with Crippen LogP contribution in [0.4, 0.5) is 0 Å². The van der Waals surface area contributed by atoms with Crippen LogP contribution in [0, 0.1) is 0 Å². The number of furan rings is 1. The van der Waals surface area contributed by atoms with Gasteiger partial charge in [0, 0.05) is 4.90 Å². The largest absolute Gasteiger partial charge is 0.497 e. The molecule has 1 amide bonds. The van der Waals surface area contributed by atoms with Crippen LogP contribution in [0.5, 0.6) is 5.75 Å². The SMILES string of the molecule is COc1ccc(SCC(=O)OCC(=O)N[C@@H](C)c2ccco2)cc1. The summed E-state index contributed by atoms with van der Waals surface area (Å²) in [6, 6.07) is 10.6. The molecule has 0 aliphatic carbocycles. The van der Waals surface area contributed by atoms with Gasteiger partial charge in [0.1, 0.15) is 11.5 Å². The summed E-state index contributed by atoms with van der Waals surface area (Å²) >= 11 is 1.33. The van der Waals surface area contributed by atoms with Crippen LogP contribution in [-0.4, -0.2) is 31.3 Å². The second-order valence-electron chi connectivity index (χ2n) is 4.93. The summed E-state index contributed by atoms with van der Waals surface area (Å²) in [5.74, 6) is 0.709. The first-order chi connectivity index (χ1) is 11.6. The lowest BCUT2D eigenvalue weighted by Gasteiger charge is -2.11. The Kier molecular flexibility index (Phi) is 6.74. The molecule has 0 aliphatic rings. The van der Waals surface area contributed by atoms with Gasteiger partial charge in [0.25, 0.3) is 5.91 Å². The van der Waals surface area contributed by atoms with Gasteiger partial charge in [-0.1, -0.05) is 0 Å². The van der Waals surface area contributed by atoms with E-state index in [2.05, 4.69) is 5.32 Å². The summed E-state index contributed by atoms with van der Waals surface area (Å²) in [5, 5.41) is 2.69. The Balaban J connectivity index is 1.67. The van der Waals surface area contributed by atoms with Crippen molar-refractivity contribution in [3.05, 3.63) is 48.4 Å². The summed E-state index contributed by atoms with van der Waals surface area (Å²) in [6.45, 7) is 1.48. The number of hydrogen-bond acceptors (Lipinski definition) is 6. The minimum Gasteiger partial charge on any atom is -0.497 e. The second kappa shape index (κ2) is 9.02. The van der Waals surface area contributed by atoms with E-state index in [0.29, 0.717) is 5.76 Å². The van der Waals surface area contributed by atoms with E-state index in [9.17, 15) is 9.59 Å². The maximum absolute atomic E-state index is 11.7. The van der Waals surface area contributed by atoms with Crippen LogP contribution in [-0.2, 0) is 14.3 Å². The van der Waals surface area contributed by atoms with Crippen LogP contribution < -0.4 is 10.1 Å². The zero-order chi connectivity index (χ0) is 17.4. The first-order valence-corrected chi connectivity index (χ1v) is 8.32. The number of thioether (sulfide) groups is 1. The normalized spacial score (nSPS) is 11.6. The molecule has 1 heterocycles. The number of hydrogen-bond donors (Lipinski definition) is 1. The number of benzene rings is 1. The number of amides is 1. The molecule has 1 aromatic carbocycles. The molecule has 1 aromatic heterocycles. The Morgan fingerprint density at radius 3 is 2.62 bits per heavy atom. The molecular formula is C17H19NO5S. The van der Waals surface area contributed by atoms with Crippen molar-refractivity contribution in [3.63, 3.8) is 0 Å². The fourth-order valence-corrected chi connectivity index (χ4v) is 2.59. The Hall–Kier alpha value is -2.41. The molecule has 128 valence electrons. The van der Waals surface area contributed by atoms with Crippen molar-refractivity contribution in [2.45, 2.75) is 17.9 Å². The summed E-state index contributed by atoms with van der Waals surface area (Å²) in [4.78, 5) is 24.4. The first kappa shape index (κ1) is 17.9. The molecule has 1 N–H and O–H groups in total. The van der Waals surface area contributed by atoms with E-state index >= 15 is 0 Å². The highest BCUT2D eigenvalue weighted by atomic mass is 32.2. The number of nitrogens with one attached hydrogen (secondary N) is 1. The maximum atomic E-state index is 11.7. The van der Waals surface area contributed by atoms with Gasteiger partial charge in [-0.2, -0.15) is 0 Å². The monoisotopic (exact) mass is 349 g/mol. The molecule has 0 radical (unpaired) electrons. The molecule has 0 spiro atoms. The van der Waals surface area contributed by atoms with Gasteiger partial charge in [-0.25, -0.2) is 0 Å². The Labute approximate surface area is 144 Å². The standard InChI is InChI=1S/C17H19NO5S/c1-12(15-4-3-9-22-15)18-16(19)10-23-17(20)11-24-14-7-5-13(21-2)6-8-14/h3-9,12H,10-11H2,1-2H3,(H,18,19)/t12-/m0/s1.